The fourth-order valence-electron chi connectivity index (χ4n) is 0.571. The number of nitriles is 1. The number of aliphatic hydroxyl groups is 1. The smallest absolute Gasteiger partial charge is 0.0645 e. The number of nitrogens with zero attached hydrogens (tertiary/aromatic N) is 1. The molecule has 0 saturated carbocycles. The highest BCUT2D eigenvalue weighted by Gasteiger charge is 1.98. The lowest BCUT2D eigenvalue weighted by Crippen LogP contribution is -2.10. The van der Waals surface area contributed by atoms with Crippen LogP contribution in [0.5, 0.6) is 0 Å². The van der Waals surface area contributed by atoms with Crippen molar-refractivity contribution in [3.63, 3.8) is 0 Å². The Labute approximate surface area is 61.2 Å². The summed E-state index contributed by atoms with van der Waals surface area (Å²) in [6.07, 6.45) is 1.14. The van der Waals surface area contributed by atoms with Crippen molar-refractivity contribution in [2.24, 2.45) is 0 Å². The van der Waals surface area contributed by atoms with Crippen molar-refractivity contribution in [2.75, 3.05) is 13.2 Å². The summed E-state index contributed by atoms with van der Waals surface area (Å²) in [5, 5.41) is 16.6. The molecule has 0 aromatic rings. The van der Waals surface area contributed by atoms with Gasteiger partial charge in [-0.15, -0.1) is 0 Å². The molecule has 0 rings (SSSR count). The second-order valence-corrected chi connectivity index (χ2v) is 2.10. The standard InChI is InChI=1S/C7H13NO2/c1-7(3-5-9)10-6-2-4-8/h7,9H,2-3,5-6H2,1H3. The monoisotopic (exact) mass is 143 g/mol. The SMILES string of the molecule is CC(CCO)OCCC#N. The zero-order chi connectivity index (χ0) is 7.82. The van der Waals surface area contributed by atoms with Gasteiger partial charge in [0.05, 0.1) is 25.2 Å². The summed E-state index contributed by atoms with van der Waals surface area (Å²) in [6, 6.07) is 1.98. The molecule has 3 nitrogen and oxygen atoms in total. The summed E-state index contributed by atoms with van der Waals surface area (Å²) in [7, 11) is 0. The van der Waals surface area contributed by atoms with E-state index in [9.17, 15) is 0 Å². The van der Waals surface area contributed by atoms with Gasteiger partial charge in [-0.3, -0.25) is 0 Å². The zero-order valence-corrected chi connectivity index (χ0v) is 6.21. The van der Waals surface area contributed by atoms with E-state index in [0.717, 1.165) is 0 Å². The normalized spacial score (nSPS) is 12.5. The van der Waals surface area contributed by atoms with Crippen molar-refractivity contribution in [3.05, 3.63) is 0 Å². The first-order chi connectivity index (χ1) is 4.81. The van der Waals surface area contributed by atoms with Gasteiger partial charge < -0.3 is 9.84 Å². The van der Waals surface area contributed by atoms with E-state index in [0.29, 0.717) is 19.4 Å². The third-order valence-electron chi connectivity index (χ3n) is 1.15. The van der Waals surface area contributed by atoms with Crippen molar-refractivity contribution in [3.8, 4) is 6.07 Å². The summed E-state index contributed by atoms with van der Waals surface area (Å²) < 4.78 is 5.14. The maximum absolute atomic E-state index is 8.45. The van der Waals surface area contributed by atoms with E-state index in [1.54, 1.807) is 0 Å². The average Bonchev–Trinajstić information content (AvgIpc) is 1.89. The number of hydrogen-bond donors (Lipinski definition) is 1. The molecule has 0 heterocycles. The van der Waals surface area contributed by atoms with Crippen LogP contribution in [-0.2, 0) is 4.74 Å². The van der Waals surface area contributed by atoms with Crippen LogP contribution < -0.4 is 0 Å². The Hall–Kier alpha value is -0.590. The van der Waals surface area contributed by atoms with Gasteiger partial charge in [-0.25, -0.2) is 0 Å². The van der Waals surface area contributed by atoms with Gasteiger partial charge in [0.15, 0.2) is 0 Å². The average molecular weight is 143 g/mol. The second kappa shape index (κ2) is 6.53. The summed E-state index contributed by atoms with van der Waals surface area (Å²) in [5.41, 5.74) is 0. The van der Waals surface area contributed by atoms with E-state index in [2.05, 4.69) is 0 Å². The zero-order valence-electron chi connectivity index (χ0n) is 6.21. The van der Waals surface area contributed by atoms with Crippen molar-refractivity contribution in [1.82, 2.24) is 0 Å². The lowest BCUT2D eigenvalue weighted by atomic mass is 10.3. The highest BCUT2D eigenvalue weighted by Crippen LogP contribution is 1.96. The molecule has 0 fully saturated rings. The van der Waals surface area contributed by atoms with E-state index in [4.69, 9.17) is 15.1 Å². The van der Waals surface area contributed by atoms with Gasteiger partial charge in [-0.05, 0) is 13.3 Å². The van der Waals surface area contributed by atoms with Crippen LogP contribution in [0.3, 0.4) is 0 Å². The van der Waals surface area contributed by atoms with E-state index in [-0.39, 0.29) is 12.7 Å². The molecular formula is C7H13NO2. The highest BCUT2D eigenvalue weighted by molar-refractivity contribution is 4.67. The molecule has 0 radical (unpaired) electrons. The largest absolute Gasteiger partial charge is 0.396 e. The quantitative estimate of drug-likeness (QED) is 0.576. The highest BCUT2D eigenvalue weighted by atomic mass is 16.5. The van der Waals surface area contributed by atoms with Crippen LogP contribution in [0.1, 0.15) is 19.8 Å². The minimum Gasteiger partial charge on any atom is -0.396 e. The Balaban J connectivity index is 3.06. The Morgan fingerprint density at radius 1 is 1.70 bits per heavy atom. The van der Waals surface area contributed by atoms with Gasteiger partial charge in [-0.2, -0.15) is 5.26 Å². The Kier molecular flexibility index (Phi) is 6.14. The maximum atomic E-state index is 8.45. The third kappa shape index (κ3) is 5.54. The predicted molar refractivity (Wildman–Crippen MR) is 37.3 cm³/mol. The molecule has 10 heavy (non-hydrogen) atoms. The fourth-order valence-corrected chi connectivity index (χ4v) is 0.571. The first-order valence-corrected chi connectivity index (χ1v) is 3.40. The summed E-state index contributed by atoms with van der Waals surface area (Å²) in [4.78, 5) is 0. The van der Waals surface area contributed by atoms with E-state index < -0.39 is 0 Å². The van der Waals surface area contributed by atoms with Gasteiger partial charge >= 0.3 is 0 Å². The molecule has 3 heteroatoms. The lowest BCUT2D eigenvalue weighted by molar-refractivity contribution is 0.0516. The van der Waals surface area contributed by atoms with Crippen LogP contribution in [0, 0.1) is 11.3 Å². The van der Waals surface area contributed by atoms with E-state index >= 15 is 0 Å². The second-order valence-electron chi connectivity index (χ2n) is 2.10. The van der Waals surface area contributed by atoms with Crippen LogP contribution in [0.15, 0.2) is 0 Å². The first-order valence-electron chi connectivity index (χ1n) is 3.40. The Morgan fingerprint density at radius 3 is 2.90 bits per heavy atom. The number of rotatable bonds is 5. The molecule has 1 N–H and O–H groups in total. The number of aliphatic hydroxyl groups excluding tert-OH is 1. The summed E-state index contributed by atoms with van der Waals surface area (Å²) in [6.45, 7) is 2.50. The molecule has 1 unspecified atom stereocenters. The summed E-state index contributed by atoms with van der Waals surface area (Å²) in [5.74, 6) is 0. The first kappa shape index (κ1) is 9.41. The van der Waals surface area contributed by atoms with Gasteiger partial charge in [-0.1, -0.05) is 0 Å². The van der Waals surface area contributed by atoms with Gasteiger partial charge in [0, 0.05) is 6.61 Å². The van der Waals surface area contributed by atoms with E-state index in [1.807, 2.05) is 13.0 Å². The molecule has 1 atom stereocenters. The molecule has 0 aliphatic carbocycles. The Bertz CT molecular complexity index is 109. The molecular weight excluding hydrogens is 130 g/mol. The fraction of sp³-hybridized carbons (Fsp3) is 0.857. The van der Waals surface area contributed by atoms with Crippen molar-refractivity contribution in [1.29, 1.82) is 5.26 Å². The molecule has 0 aliphatic rings. The van der Waals surface area contributed by atoms with Crippen molar-refractivity contribution < 1.29 is 9.84 Å². The summed E-state index contributed by atoms with van der Waals surface area (Å²) >= 11 is 0. The topological polar surface area (TPSA) is 53.2 Å². The molecule has 58 valence electrons. The minimum absolute atomic E-state index is 0.0679. The molecule has 0 saturated heterocycles. The maximum Gasteiger partial charge on any atom is 0.0645 e. The van der Waals surface area contributed by atoms with Crippen LogP contribution in [0.25, 0.3) is 0 Å². The van der Waals surface area contributed by atoms with Crippen LogP contribution in [-0.4, -0.2) is 24.4 Å². The van der Waals surface area contributed by atoms with Crippen LogP contribution in [0.4, 0.5) is 0 Å². The van der Waals surface area contributed by atoms with Crippen molar-refractivity contribution >= 4 is 0 Å². The van der Waals surface area contributed by atoms with Gasteiger partial charge in [0.25, 0.3) is 0 Å². The Morgan fingerprint density at radius 2 is 2.40 bits per heavy atom. The van der Waals surface area contributed by atoms with Gasteiger partial charge in [0.1, 0.15) is 0 Å². The van der Waals surface area contributed by atoms with Gasteiger partial charge in [0.2, 0.25) is 0 Å². The molecule has 0 aromatic heterocycles. The van der Waals surface area contributed by atoms with E-state index in [1.165, 1.54) is 0 Å². The number of hydrogen-bond acceptors (Lipinski definition) is 3. The third-order valence-corrected chi connectivity index (χ3v) is 1.15. The van der Waals surface area contributed by atoms with Crippen LogP contribution in [0.2, 0.25) is 0 Å². The predicted octanol–water partition coefficient (Wildman–Crippen LogP) is 0.688. The molecule has 0 amide bonds. The number of ether oxygens (including phenoxy) is 1. The van der Waals surface area contributed by atoms with Crippen LogP contribution >= 0.6 is 0 Å². The van der Waals surface area contributed by atoms with Crippen molar-refractivity contribution in [2.45, 2.75) is 25.9 Å². The molecule has 0 spiro atoms. The molecule has 0 bridgehead atoms. The lowest BCUT2D eigenvalue weighted by Gasteiger charge is -2.08. The molecule has 0 aliphatic heterocycles. The minimum atomic E-state index is 0.0679. The molecule has 0 aromatic carbocycles.